The third kappa shape index (κ3) is 3.24. The van der Waals surface area contributed by atoms with Gasteiger partial charge in [0.25, 0.3) is 0 Å². The molecular weight excluding hydrogens is 302 g/mol. The van der Waals surface area contributed by atoms with E-state index in [4.69, 9.17) is 0 Å². The van der Waals surface area contributed by atoms with Crippen molar-refractivity contribution in [3.8, 4) is 0 Å². The molecule has 0 aromatic heterocycles. The number of allylic oxidation sites excluding steroid dienone is 4. The maximum absolute atomic E-state index is 12.3. The van der Waals surface area contributed by atoms with Gasteiger partial charge >= 0.3 is 0 Å². The van der Waals surface area contributed by atoms with Crippen LogP contribution in [0.3, 0.4) is 0 Å². The van der Waals surface area contributed by atoms with Gasteiger partial charge < -0.3 is 5.32 Å². The average Bonchev–Trinajstić information content (AvgIpc) is 2.47. The van der Waals surface area contributed by atoms with Crippen LogP contribution in [0.1, 0.15) is 12.5 Å². The van der Waals surface area contributed by atoms with Gasteiger partial charge in [0, 0.05) is 7.05 Å². The Balaban J connectivity index is 3.40. The zero-order chi connectivity index (χ0) is 14.3. The molecule has 0 heterocycles. The Labute approximate surface area is 123 Å². The molecule has 1 rings (SSSR count). The summed E-state index contributed by atoms with van der Waals surface area (Å²) in [4.78, 5) is 12.3. The van der Waals surface area contributed by atoms with Gasteiger partial charge in [-0.1, -0.05) is 77.1 Å². The molecule has 0 aliphatic heterocycles. The van der Waals surface area contributed by atoms with E-state index in [1.54, 1.807) is 13.1 Å². The van der Waals surface area contributed by atoms with E-state index in [1.807, 2.05) is 55.5 Å². The maximum Gasteiger partial charge on any atom is 0.245 e. The molecule has 3 heteroatoms. The van der Waals surface area contributed by atoms with Gasteiger partial charge in [-0.15, -0.1) is 0 Å². The number of likely N-dealkylation sites (N-methyl/N-ethyl adjacent to an activating group) is 1. The van der Waals surface area contributed by atoms with Crippen LogP contribution in [0.5, 0.6) is 0 Å². The molecule has 19 heavy (non-hydrogen) atoms. The minimum Gasteiger partial charge on any atom is -0.357 e. The molecule has 1 amide bonds. The van der Waals surface area contributed by atoms with E-state index >= 15 is 0 Å². The molecule has 0 fully saturated rings. The SMILES string of the molecule is C=C/C=C\C(=C/C)C(Br)(C(=O)NC)c1ccccc1. The van der Waals surface area contributed by atoms with Crippen LogP contribution >= 0.6 is 15.9 Å². The van der Waals surface area contributed by atoms with Crippen molar-refractivity contribution >= 4 is 21.8 Å². The van der Waals surface area contributed by atoms with Gasteiger partial charge in [-0.2, -0.15) is 0 Å². The predicted molar refractivity (Wildman–Crippen MR) is 84.2 cm³/mol. The van der Waals surface area contributed by atoms with Crippen LogP contribution in [0.25, 0.3) is 0 Å². The highest BCUT2D eigenvalue weighted by molar-refractivity contribution is 9.10. The highest BCUT2D eigenvalue weighted by Crippen LogP contribution is 2.39. The summed E-state index contributed by atoms with van der Waals surface area (Å²) in [6, 6.07) is 9.61. The van der Waals surface area contributed by atoms with Crippen LogP contribution in [0.15, 0.2) is 66.8 Å². The number of rotatable bonds is 5. The summed E-state index contributed by atoms with van der Waals surface area (Å²) in [7, 11) is 1.63. The first kappa shape index (κ1) is 15.4. The van der Waals surface area contributed by atoms with E-state index in [1.165, 1.54) is 0 Å². The number of carbonyl (C=O) groups excluding carboxylic acids is 1. The number of alkyl halides is 1. The van der Waals surface area contributed by atoms with Gasteiger partial charge in [-0.3, -0.25) is 4.79 Å². The average molecular weight is 320 g/mol. The quantitative estimate of drug-likeness (QED) is 0.650. The summed E-state index contributed by atoms with van der Waals surface area (Å²) >= 11 is 3.61. The predicted octanol–water partition coefficient (Wildman–Crippen LogP) is 3.71. The highest BCUT2D eigenvalue weighted by atomic mass is 79.9. The largest absolute Gasteiger partial charge is 0.357 e. The second-order valence-corrected chi connectivity index (χ2v) is 5.13. The standard InChI is InChI=1S/C16H18BrNO/c1-4-6-10-13(5-2)16(17,15(19)18-3)14-11-8-7-9-12-14/h4-12H,1H2,2-3H3,(H,18,19)/b10-6-,13-5+. The van der Waals surface area contributed by atoms with Gasteiger partial charge in [-0.05, 0) is 18.1 Å². The van der Waals surface area contributed by atoms with Crippen molar-refractivity contribution in [1.29, 1.82) is 0 Å². The van der Waals surface area contributed by atoms with Crippen LogP contribution in [-0.4, -0.2) is 13.0 Å². The van der Waals surface area contributed by atoms with Crippen molar-refractivity contribution in [3.05, 3.63) is 72.4 Å². The van der Waals surface area contributed by atoms with E-state index in [2.05, 4.69) is 27.8 Å². The van der Waals surface area contributed by atoms with Gasteiger partial charge in [-0.25, -0.2) is 0 Å². The van der Waals surface area contributed by atoms with Gasteiger partial charge in [0.2, 0.25) is 5.91 Å². The van der Waals surface area contributed by atoms with Crippen molar-refractivity contribution in [3.63, 3.8) is 0 Å². The first-order valence-corrected chi connectivity index (χ1v) is 6.83. The minimum atomic E-state index is -0.892. The Bertz CT molecular complexity index is 505. The Morgan fingerprint density at radius 3 is 2.47 bits per heavy atom. The molecule has 1 aromatic rings. The Morgan fingerprint density at radius 2 is 2.00 bits per heavy atom. The highest BCUT2D eigenvalue weighted by Gasteiger charge is 2.39. The van der Waals surface area contributed by atoms with E-state index in [-0.39, 0.29) is 5.91 Å². The van der Waals surface area contributed by atoms with E-state index in [0.29, 0.717) is 0 Å². The summed E-state index contributed by atoms with van der Waals surface area (Å²) in [6.45, 7) is 5.56. The number of carbonyl (C=O) groups is 1. The van der Waals surface area contributed by atoms with E-state index in [9.17, 15) is 4.79 Å². The zero-order valence-electron chi connectivity index (χ0n) is 11.2. The van der Waals surface area contributed by atoms with Crippen LogP contribution < -0.4 is 5.32 Å². The molecule has 0 radical (unpaired) electrons. The lowest BCUT2D eigenvalue weighted by molar-refractivity contribution is -0.122. The topological polar surface area (TPSA) is 29.1 Å². The molecule has 1 atom stereocenters. The zero-order valence-corrected chi connectivity index (χ0v) is 12.8. The molecule has 0 aliphatic carbocycles. The van der Waals surface area contributed by atoms with Gasteiger partial charge in [0.1, 0.15) is 0 Å². The van der Waals surface area contributed by atoms with Crippen molar-refractivity contribution in [2.24, 2.45) is 0 Å². The van der Waals surface area contributed by atoms with Gasteiger partial charge in [0.05, 0.1) is 0 Å². The molecule has 100 valence electrons. The van der Waals surface area contributed by atoms with Crippen LogP contribution in [0.4, 0.5) is 0 Å². The number of halogens is 1. The molecule has 0 aliphatic rings. The fourth-order valence-electron chi connectivity index (χ4n) is 1.85. The summed E-state index contributed by atoms with van der Waals surface area (Å²) in [6.07, 6.45) is 7.30. The number of hydrogen-bond donors (Lipinski definition) is 1. The first-order valence-electron chi connectivity index (χ1n) is 6.03. The van der Waals surface area contributed by atoms with Crippen molar-refractivity contribution in [2.75, 3.05) is 7.05 Å². The molecule has 1 aromatic carbocycles. The molecule has 0 saturated heterocycles. The lowest BCUT2D eigenvalue weighted by Gasteiger charge is -2.27. The van der Waals surface area contributed by atoms with E-state index in [0.717, 1.165) is 11.1 Å². The van der Waals surface area contributed by atoms with Crippen molar-refractivity contribution in [2.45, 2.75) is 11.2 Å². The summed E-state index contributed by atoms with van der Waals surface area (Å²) in [5.41, 5.74) is 1.74. The second kappa shape index (κ2) is 7.10. The van der Waals surface area contributed by atoms with Crippen LogP contribution in [-0.2, 0) is 9.12 Å². The third-order valence-electron chi connectivity index (χ3n) is 2.83. The molecule has 0 bridgehead atoms. The lowest BCUT2D eigenvalue weighted by Crippen LogP contribution is -2.39. The Hall–Kier alpha value is -1.61. The first-order chi connectivity index (χ1) is 9.11. The number of benzene rings is 1. The lowest BCUT2D eigenvalue weighted by atomic mass is 9.89. The molecular formula is C16H18BrNO. The second-order valence-electron chi connectivity index (χ2n) is 3.94. The normalized spacial score (nSPS) is 15.0. The minimum absolute atomic E-state index is 0.111. The molecule has 1 N–H and O–H groups in total. The maximum atomic E-state index is 12.3. The number of amides is 1. The van der Waals surface area contributed by atoms with Crippen molar-refractivity contribution < 1.29 is 4.79 Å². The smallest absolute Gasteiger partial charge is 0.245 e. The van der Waals surface area contributed by atoms with Crippen LogP contribution in [0, 0.1) is 0 Å². The number of nitrogens with one attached hydrogen (secondary N) is 1. The fraction of sp³-hybridized carbons (Fsp3) is 0.188. The Morgan fingerprint density at radius 1 is 1.37 bits per heavy atom. The Kier molecular flexibility index (Phi) is 5.77. The summed E-state index contributed by atoms with van der Waals surface area (Å²) in [5.74, 6) is -0.111. The molecule has 2 nitrogen and oxygen atoms in total. The van der Waals surface area contributed by atoms with Crippen LogP contribution in [0.2, 0.25) is 0 Å². The molecule has 0 saturated carbocycles. The summed E-state index contributed by atoms with van der Waals surface area (Å²) in [5, 5.41) is 2.71. The summed E-state index contributed by atoms with van der Waals surface area (Å²) < 4.78 is -0.892. The molecule has 0 spiro atoms. The third-order valence-corrected chi connectivity index (χ3v) is 4.11. The van der Waals surface area contributed by atoms with Gasteiger partial charge in [0.15, 0.2) is 4.32 Å². The van der Waals surface area contributed by atoms with E-state index < -0.39 is 4.32 Å². The monoisotopic (exact) mass is 319 g/mol. The molecule has 1 unspecified atom stereocenters. The fourth-order valence-corrected chi connectivity index (χ4v) is 2.67. The van der Waals surface area contributed by atoms with Crippen molar-refractivity contribution in [1.82, 2.24) is 5.32 Å². The number of hydrogen-bond acceptors (Lipinski definition) is 1.